The third-order valence-electron chi connectivity index (χ3n) is 6.93. The minimum atomic E-state index is -0.862. The van der Waals surface area contributed by atoms with Crippen LogP contribution in [0.4, 0.5) is 5.13 Å². The molecular formula is C31H26N2O4S. The second kappa shape index (κ2) is 8.67. The zero-order chi connectivity index (χ0) is 26.8. The number of hydrogen-bond acceptors (Lipinski definition) is 6. The molecule has 190 valence electrons. The molecule has 3 heterocycles. The van der Waals surface area contributed by atoms with Gasteiger partial charge in [-0.3, -0.25) is 14.5 Å². The van der Waals surface area contributed by atoms with E-state index in [4.69, 9.17) is 9.40 Å². The molecule has 0 fully saturated rings. The van der Waals surface area contributed by atoms with Crippen LogP contribution >= 0.6 is 11.3 Å². The number of para-hydroxylation sites is 1. The van der Waals surface area contributed by atoms with Crippen LogP contribution in [0.15, 0.2) is 88.5 Å². The maximum Gasteiger partial charge on any atom is 0.296 e. The third kappa shape index (κ3) is 3.90. The second-order valence-electron chi connectivity index (χ2n) is 10.7. The molecule has 6 rings (SSSR count). The van der Waals surface area contributed by atoms with E-state index in [9.17, 15) is 14.7 Å². The van der Waals surface area contributed by atoms with E-state index in [1.54, 1.807) is 12.1 Å². The fourth-order valence-corrected chi connectivity index (χ4v) is 5.95. The predicted octanol–water partition coefficient (Wildman–Crippen LogP) is 7.43. The van der Waals surface area contributed by atoms with Gasteiger partial charge in [0.25, 0.3) is 5.91 Å². The van der Waals surface area contributed by atoms with Gasteiger partial charge >= 0.3 is 0 Å². The average Bonchev–Trinajstić information content (AvgIpc) is 3.57. The number of nitrogens with zero attached hydrogens (tertiary/aromatic N) is 2. The molecule has 38 heavy (non-hydrogen) atoms. The molecule has 1 amide bonds. The van der Waals surface area contributed by atoms with Crippen molar-refractivity contribution in [3.8, 4) is 0 Å². The molecule has 0 saturated carbocycles. The number of aryl methyl sites for hydroxylation is 1. The Bertz CT molecular complexity index is 1740. The van der Waals surface area contributed by atoms with Gasteiger partial charge in [-0.15, -0.1) is 0 Å². The van der Waals surface area contributed by atoms with Crippen molar-refractivity contribution in [2.45, 2.75) is 39.2 Å². The molecule has 2 aromatic heterocycles. The summed E-state index contributed by atoms with van der Waals surface area (Å²) in [6, 6.07) is 21.8. The van der Waals surface area contributed by atoms with Crippen LogP contribution in [0.2, 0.25) is 0 Å². The summed E-state index contributed by atoms with van der Waals surface area (Å²) in [5, 5.41) is 12.3. The first-order valence-electron chi connectivity index (χ1n) is 12.4. The lowest BCUT2D eigenvalue weighted by molar-refractivity contribution is -0.117. The van der Waals surface area contributed by atoms with Crippen LogP contribution in [0.5, 0.6) is 0 Å². The van der Waals surface area contributed by atoms with E-state index in [2.05, 4.69) is 20.8 Å². The standard InChI is InChI=1S/C31H26N2O4S/c1-17-9-14-21-24(15-17)38-30(32-21)33-26(18-10-12-20(13-11-18)31(2,3)4)25(28(35)29(33)36)27(34)23-16-19-7-5-6-8-22(19)37-23/h5-16,26,35H,1-4H3. The highest BCUT2D eigenvalue weighted by Gasteiger charge is 2.46. The normalized spacial score (nSPS) is 16.3. The SMILES string of the molecule is Cc1ccc2nc(N3C(=O)C(O)=C(C(=O)c4cc5ccccc5o4)C3c3ccc(C(C)(C)C)cc3)sc2c1. The lowest BCUT2D eigenvalue weighted by atomic mass is 9.85. The molecule has 1 atom stereocenters. The zero-order valence-corrected chi connectivity index (χ0v) is 22.3. The van der Waals surface area contributed by atoms with Crippen molar-refractivity contribution in [1.82, 2.24) is 4.98 Å². The Morgan fingerprint density at radius 2 is 1.76 bits per heavy atom. The van der Waals surface area contributed by atoms with Gasteiger partial charge in [0, 0.05) is 5.39 Å². The minimum Gasteiger partial charge on any atom is -0.503 e. The number of aliphatic hydroxyl groups excluding tert-OH is 1. The van der Waals surface area contributed by atoms with Crippen LogP contribution in [-0.2, 0) is 10.2 Å². The summed E-state index contributed by atoms with van der Waals surface area (Å²) in [5.74, 6) is -1.71. The number of thiazole rings is 1. The maximum absolute atomic E-state index is 13.9. The van der Waals surface area contributed by atoms with Crippen molar-refractivity contribution in [2.75, 3.05) is 4.90 Å². The number of anilines is 1. The number of Topliss-reactive ketones (excluding diaryl/α,β-unsaturated/α-hetero) is 1. The van der Waals surface area contributed by atoms with Crippen molar-refractivity contribution >= 4 is 49.3 Å². The predicted molar refractivity (Wildman–Crippen MR) is 150 cm³/mol. The van der Waals surface area contributed by atoms with E-state index >= 15 is 0 Å². The van der Waals surface area contributed by atoms with E-state index < -0.39 is 23.5 Å². The summed E-state index contributed by atoms with van der Waals surface area (Å²) in [6.07, 6.45) is 0. The molecule has 6 nitrogen and oxygen atoms in total. The van der Waals surface area contributed by atoms with E-state index in [1.165, 1.54) is 16.2 Å². The van der Waals surface area contributed by atoms with Crippen molar-refractivity contribution in [1.29, 1.82) is 0 Å². The summed E-state index contributed by atoms with van der Waals surface area (Å²) in [5.41, 5.74) is 4.12. The number of carbonyl (C=O) groups excluding carboxylic acids is 2. The number of furan rings is 1. The molecule has 0 saturated heterocycles. The van der Waals surface area contributed by atoms with Crippen LogP contribution in [0.25, 0.3) is 21.2 Å². The highest BCUT2D eigenvalue weighted by Crippen LogP contribution is 2.45. The highest BCUT2D eigenvalue weighted by atomic mass is 32.1. The van der Waals surface area contributed by atoms with E-state index in [0.717, 1.165) is 26.7 Å². The van der Waals surface area contributed by atoms with Crippen molar-refractivity contribution in [3.63, 3.8) is 0 Å². The average molecular weight is 523 g/mol. The van der Waals surface area contributed by atoms with Crippen LogP contribution in [0, 0.1) is 6.92 Å². The molecule has 1 aliphatic heterocycles. The largest absolute Gasteiger partial charge is 0.503 e. The topological polar surface area (TPSA) is 83.6 Å². The molecule has 0 aliphatic carbocycles. The number of benzene rings is 3. The first kappa shape index (κ1) is 24.1. The van der Waals surface area contributed by atoms with E-state index in [1.807, 2.05) is 67.6 Å². The smallest absolute Gasteiger partial charge is 0.296 e. The van der Waals surface area contributed by atoms with E-state index in [0.29, 0.717) is 16.3 Å². The van der Waals surface area contributed by atoms with Crippen LogP contribution in [-0.4, -0.2) is 21.8 Å². The van der Waals surface area contributed by atoms with E-state index in [-0.39, 0.29) is 16.7 Å². The van der Waals surface area contributed by atoms with Gasteiger partial charge in [0.05, 0.1) is 21.8 Å². The molecule has 1 aliphatic rings. The molecule has 0 spiro atoms. The molecule has 3 aromatic carbocycles. The first-order valence-corrected chi connectivity index (χ1v) is 13.2. The fraction of sp³-hybridized carbons (Fsp3) is 0.194. The number of aliphatic hydroxyl groups is 1. The Morgan fingerprint density at radius 1 is 1.03 bits per heavy atom. The lowest BCUT2D eigenvalue weighted by Gasteiger charge is -2.25. The van der Waals surface area contributed by atoms with Gasteiger partial charge < -0.3 is 9.52 Å². The van der Waals surface area contributed by atoms with Crippen LogP contribution in [0.3, 0.4) is 0 Å². The quantitative estimate of drug-likeness (QED) is 0.248. The monoisotopic (exact) mass is 522 g/mol. The Labute approximate surface area is 223 Å². The number of ketones is 1. The third-order valence-corrected chi connectivity index (χ3v) is 7.95. The Hall–Kier alpha value is -4.23. The summed E-state index contributed by atoms with van der Waals surface area (Å²) in [6.45, 7) is 8.37. The highest BCUT2D eigenvalue weighted by molar-refractivity contribution is 7.22. The fourth-order valence-electron chi connectivity index (χ4n) is 4.86. The molecule has 1 N–H and O–H groups in total. The number of amides is 1. The van der Waals surface area contributed by atoms with Gasteiger partial charge in [0.1, 0.15) is 5.58 Å². The maximum atomic E-state index is 13.9. The van der Waals surface area contributed by atoms with Gasteiger partial charge in [-0.05, 0) is 53.3 Å². The molecule has 0 radical (unpaired) electrons. The Morgan fingerprint density at radius 3 is 2.47 bits per heavy atom. The van der Waals surface area contributed by atoms with Crippen molar-refractivity contribution in [3.05, 3.63) is 107 Å². The summed E-state index contributed by atoms with van der Waals surface area (Å²) in [4.78, 5) is 33.6. The van der Waals surface area contributed by atoms with Gasteiger partial charge in [-0.25, -0.2) is 4.98 Å². The number of hydrogen-bond donors (Lipinski definition) is 1. The van der Waals surface area contributed by atoms with Gasteiger partial charge in [0.15, 0.2) is 16.7 Å². The van der Waals surface area contributed by atoms with Crippen LogP contribution in [0.1, 0.15) is 54.1 Å². The molecule has 0 bridgehead atoms. The number of aromatic nitrogens is 1. The Balaban J connectivity index is 1.51. The zero-order valence-electron chi connectivity index (χ0n) is 21.5. The number of carbonyl (C=O) groups is 2. The molecule has 1 unspecified atom stereocenters. The number of rotatable bonds is 4. The summed E-state index contributed by atoms with van der Waals surface area (Å²) >= 11 is 1.36. The van der Waals surface area contributed by atoms with Crippen molar-refractivity contribution < 1.29 is 19.1 Å². The number of fused-ring (bicyclic) bond motifs is 2. The molecular weight excluding hydrogens is 496 g/mol. The Kier molecular flexibility index (Phi) is 5.50. The van der Waals surface area contributed by atoms with Gasteiger partial charge in [0.2, 0.25) is 5.78 Å². The lowest BCUT2D eigenvalue weighted by Crippen LogP contribution is -2.31. The molecule has 5 aromatic rings. The van der Waals surface area contributed by atoms with Crippen LogP contribution < -0.4 is 4.90 Å². The minimum absolute atomic E-state index is 0.0204. The van der Waals surface area contributed by atoms with Gasteiger partial charge in [-0.1, -0.05) is 80.6 Å². The second-order valence-corrected chi connectivity index (χ2v) is 11.7. The van der Waals surface area contributed by atoms with Crippen molar-refractivity contribution in [2.24, 2.45) is 0 Å². The van der Waals surface area contributed by atoms with Gasteiger partial charge in [-0.2, -0.15) is 0 Å². The first-order chi connectivity index (χ1) is 18.1. The summed E-state index contributed by atoms with van der Waals surface area (Å²) < 4.78 is 6.76. The summed E-state index contributed by atoms with van der Waals surface area (Å²) in [7, 11) is 0. The molecule has 7 heteroatoms.